The van der Waals surface area contributed by atoms with Crippen LogP contribution in [0, 0.1) is 23.2 Å². The summed E-state index contributed by atoms with van der Waals surface area (Å²) < 4.78 is 1.71. The van der Waals surface area contributed by atoms with Crippen molar-refractivity contribution in [2.45, 2.75) is 51.4 Å². The number of nitrogens with two attached hydrogens (primary N) is 1. The fourth-order valence-electron chi connectivity index (χ4n) is 4.53. The first-order chi connectivity index (χ1) is 11.5. The number of hydrogen-bond acceptors (Lipinski definition) is 7. The summed E-state index contributed by atoms with van der Waals surface area (Å²) in [5.41, 5.74) is 5.64. The van der Waals surface area contributed by atoms with Crippen molar-refractivity contribution in [3.05, 3.63) is 0 Å². The highest BCUT2D eigenvalue weighted by Gasteiger charge is 2.52. The summed E-state index contributed by atoms with van der Waals surface area (Å²) in [6, 6.07) is 0. The van der Waals surface area contributed by atoms with Crippen molar-refractivity contribution < 1.29 is 9.59 Å². The van der Waals surface area contributed by atoms with Gasteiger partial charge in [0.05, 0.1) is 8.39 Å². The van der Waals surface area contributed by atoms with Crippen molar-refractivity contribution in [3.8, 4) is 0 Å². The summed E-state index contributed by atoms with van der Waals surface area (Å²) in [5.74, 6) is 0.318. The van der Waals surface area contributed by atoms with Gasteiger partial charge in [0, 0.05) is 23.2 Å². The number of fused-ring (bicyclic) bond motifs is 2. The van der Waals surface area contributed by atoms with Crippen LogP contribution in [0.3, 0.4) is 0 Å². The molecular weight excluding hydrogens is 378 g/mol. The molecule has 4 unspecified atom stereocenters. The average Bonchev–Trinajstić information content (AvgIpc) is 2.90. The minimum atomic E-state index is -0.235. The Morgan fingerprint density at radius 1 is 1.00 bits per heavy atom. The van der Waals surface area contributed by atoms with E-state index >= 15 is 0 Å². The van der Waals surface area contributed by atoms with E-state index in [-0.39, 0.29) is 33.4 Å². The molecule has 2 saturated heterocycles. The number of hydrogen-bond donors (Lipinski definition) is 1. The highest BCUT2D eigenvalue weighted by Crippen LogP contribution is 2.53. The summed E-state index contributed by atoms with van der Waals surface area (Å²) in [5, 5.41) is 0.475. The van der Waals surface area contributed by atoms with Crippen LogP contribution in [0.1, 0.15) is 51.4 Å². The van der Waals surface area contributed by atoms with Gasteiger partial charge in [0.1, 0.15) is 0 Å². The molecule has 0 aromatic carbocycles. The summed E-state index contributed by atoms with van der Waals surface area (Å²) in [7, 11) is 0. The average molecular weight is 402 g/mol. The maximum Gasteiger partial charge on any atom is 0.198 e. The Morgan fingerprint density at radius 3 is 2.46 bits per heavy atom. The van der Waals surface area contributed by atoms with Gasteiger partial charge in [0.25, 0.3) is 0 Å². The normalized spacial score (nSPS) is 38.0. The Labute approximate surface area is 162 Å². The van der Waals surface area contributed by atoms with Crippen molar-refractivity contribution in [2.24, 2.45) is 28.9 Å². The van der Waals surface area contributed by atoms with Crippen LogP contribution >= 0.6 is 48.0 Å². The maximum absolute atomic E-state index is 12.5. The molecule has 2 aliphatic heterocycles. The molecule has 2 heterocycles. The molecule has 0 bridgehead atoms. The van der Waals surface area contributed by atoms with Crippen LogP contribution in [-0.4, -0.2) is 25.2 Å². The summed E-state index contributed by atoms with van der Waals surface area (Å²) in [6.07, 6.45) is 7.32. The largest absolute Gasteiger partial charge is 0.330 e. The molecule has 0 aromatic rings. The Balaban J connectivity index is 1.84. The van der Waals surface area contributed by atoms with E-state index in [0.29, 0.717) is 6.54 Å². The Kier molecular flexibility index (Phi) is 6.18. The summed E-state index contributed by atoms with van der Waals surface area (Å²) in [4.78, 5) is 24.8. The van der Waals surface area contributed by atoms with Gasteiger partial charge in [-0.2, -0.15) is 0 Å². The zero-order chi connectivity index (χ0) is 17.3. The molecular formula is C17H23NO2S4. The van der Waals surface area contributed by atoms with E-state index in [9.17, 15) is 9.59 Å². The van der Waals surface area contributed by atoms with Gasteiger partial charge < -0.3 is 5.73 Å². The number of carbonyl (C=O) groups is 2. The lowest BCUT2D eigenvalue weighted by molar-refractivity contribution is -0.117. The first-order valence-corrected chi connectivity index (χ1v) is 11.2. The smallest absolute Gasteiger partial charge is 0.198 e. The van der Waals surface area contributed by atoms with Gasteiger partial charge in [0.15, 0.2) is 10.2 Å². The highest BCUT2D eigenvalue weighted by atomic mass is 32.2. The van der Waals surface area contributed by atoms with Gasteiger partial charge in [-0.1, -0.05) is 43.7 Å². The molecule has 0 aromatic heterocycles. The van der Waals surface area contributed by atoms with E-state index in [1.54, 1.807) is 0 Å². The van der Waals surface area contributed by atoms with E-state index in [1.807, 2.05) is 0 Å². The van der Waals surface area contributed by atoms with E-state index < -0.39 is 0 Å². The zero-order valence-corrected chi connectivity index (χ0v) is 16.9. The highest BCUT2D eigenvalue weighted by molar-refractivity contribution is 8.34. The minimum absolute atomic E-state index is 0.00789. The minimum Gasteiger partial charge on any atom is -0.330 e. The fraction of sp³-hybridized carbons (Fsp3) is 0.765. The molecule has 24 heavy (non-hydrogen) atoms. The molecule has 1 saturated carbocycles. The molecule has 2 N–H and O–H groups in total. The third kappa shape index (κ3) is 3.39. The van der Waals surface area contributed by atoms with Crippen molar-refractivity contribution in [3.63, 3.8) is 0 Å². The van der Waals surface area contributed by atoms with Crippen LogP contribution in [0.25, 0.3) is 0 Å². The van der Waals surface area contributed by atoms with Crippen LogP contribution in [0.15, 0.2) is 0 Å². The second-order valence-electron chi connectivity index (χ2n) is 7.09. The monoisotopic (exact) mass is 401 g/mol. The van der Waals surface area contributed by atoms with Crippen LogP contribution < -0.4 is 5.73 Å². The Hall–Kier alpha value is 0.180. The standard InChI is InChI=1S/C17H23NO2S4/c18-9-8-17-7-3-5-10-11(15(21)23-13(10)19)4-1-2-6-12(17)14(20)24-16(17)22/h10-12H,1-9,18H2. The van der Waals surface area contributed by atoms with Crippen molar-refractivity contribution in [1.29, 1.82) is 0 Å². The van der Waals surface area contributed by atoms with E-state index in [4.69, 9.17) is 30.2 Å². The van der Waals surface area contributed by atoms with E-state index in [0.717, 1.165) is 59.8 Å². The second-order valence-corrected chi connectivity index (χ2v) is 10.5. The summed E-state index contributed by atoms with van der Waals surface area (Å²) >= 11 is 13.6. The van der Waals surface area contributed by atoms with E-state index in [1.165, 1.54) is 23.5 Å². The van der Waals surface area contributed by atoms with Gasteiger partial charge in [0.2, 0.25) is 0 Å². The Morgan fingerprint density at radius 2 is 1.71 bits per heavy atom. The molecule has 3 rings (SSSR count). The predicted octanol–water partition coefficient (Wildman–Crippen LogP) is 4.12. The maximum atomic E-state index is 12.5. The lowest BCUT2D eigenvalue weighted by atomic mass is 9.69. The van der Waals surface area contributed by atoms with Crippen molar-refractivity contribution in [1.82, 2.24) is 0 Å². The molecule has 3 fully saturated rings. The zero-order valence-electron chi connectivity index (χ0n) is 13.6. The molecule has 3 aliphatic rings. The van der Waals surface area contributed by atoms with Gasteiger partial charge >= 0.3 is 0 Å². The SMILES string of the molecule is NCCC12CCCC3C(=O)SC(=S)C3CCCCC1C(=O)SC2=S. The fourth-order valence-corrected chi connectivity index (χ4v) is 7.93. The number of thiocarbonyl (C=S) groups is 2. The second kappa shape index (κ2) is 7.82. The summed E-state index contributed by atoms with van der Waals surface area (Å²) in [6.45, 7) is 0.551. The molecule has 132 valence electrons. The van der Waals surface area contributed by atoms with Crippen molar-refractivity contribution >= 4 is 66.6 Å². The van der Waals surface area contributed by atoms with Gasteiger partial charge in [-0.25, -0.2) is 0 Å². The molecule has 1 aliphatic carbocycles. The third-order valence-electron chi connectivity index (χ3n) is 5.83. The first-order valence-electron chi connectivity index (χ1n) is 8.71. The molecule has 0 spiro atoms. The Bertz CT molecular complexity index is 579. The first kappa shape index (κ1) is 19.0. The number of carbonyl (C=O) groups excluding carboxylic acids is 2. The van der Waals surface area contributed by atoms with Crippen LogP contribution in [0.2, 0.25) is 0 Å². The van der Waals surface area contributed by atoms with E-state index in [2.05, 4.69) is 0 Å². The van der Waals surface area contributed by atoms with Gasteiger partial charge in [-0.05, 0) is 62.2 Å². The topological polar surface area (TPSA) is 60.2 Å². The van der Waals surface area contributed by atoms with Crippen molar-refractivity contribution in [2.75, 3.05) is 6.54 Å². The van der Waals surface area contributed by atoms with Gasteiger partial charge in [-0.15, -0.1) is 0 Å². The number of rotatable bonds is 2. The number of thioether (sulfide) groups is 2. The predicted molar refractivity (Wildman–Crippen MR) is 109 cm³/mol. The lowest BCUT2D eigenvalue weighted by Crippen LogP contribution is -2.35. The van der Waals surface area contributed by atoms with Crippen LogP contribution in [0.5, 0.6) is 0 Å². The molecule has 3 nitrogen and oxygen atoms in total. The third-order valence-corrected chi connectivity index (χ3v) is 9.12. The molecule has 7 heteroatoms. The quantitative estimate of drug-likeness (QED) is 0.699. The lowest BCUT2D eigenvalue weighted by Gasteiger charge is -2.34. The van der Waals surface area contributed by atoms with Crippen LogP contribution in [-0.2, 0) is 9.59 Å². The van der Waals surface area contributed by atoms with Gasteiger partial charge in [-0.3, -0.25) is 9.59 Å². The molecule has 0 radical (unpaired) electrons. The van der Waals surface area contributed by atoms with Crippen LogP contribution in [0.4, 0.5) is 0 Å². The molecule has 0 amide bonds. The molecule has 4 atom stereocenters.